The summed E-state index contributed by atoms with van der Waals surface area (Å²) in [7, 11) is 0. The third-order valence-corrected chi connectivity index (χ3v) is 2.60. The van der Waals surface area contributed by atoms with Crippen molar-refractivity contribution in [2.45, 2.75) is 19.9 Å². The van der Waals surface area contributed by atoms with Crippen LogP contribution in [0.2, 0.25) is 0 Å². The predicted molar refractivity (Wildman–Crippen MR) is 69.3 cm³/mol. The summed E-state index contributed by atoms with van der Waals surface area (Å²) >= 11 is 4.88. The first-order valence-electron chi connectivity index (χ1n) is 5.27. The first kappa shape index (κ1) is 13.6. The van der Waals surface area contributed by atoms with Gasteiger partial charge in [-0.25, -0.2) is 4.39 Å². The number of halogens is 1. The SMILES string of the molecule is CC(C)C(NC(=O)c1cccc(F)c1)C(N)=S. The Kier molecular flexibility index (Phi) is 4.57. The smallest absolute Gasteiger partial charge is 0.251 e. The third kappa shape index (κ3) is 3.78. The summed E-state index contributed by atoms with van der Waals surface area (Å²) in [5, 5.41) is 2.69. The highest BCUT2D eigenvalue weighted by atomic mass is 32.1. The summed E-state index contributed by atoms with van der Waals surface area (Å²) in [4.78, 5) is 12.0. The molecular weight excluding hydrogens is 239 g/mol. The third-order valence-electron chi connectivity index (χ3n) is 2.35. The predicted octanol–water partition coefficient (Wildman–Crippen LogP) is 1.87. The monoisotopic (exact) mass is 254 g/mol. The second kappa shape index (κ2) is 5.72. The van der Waals surface area contributed by atoms with Crippen LogP contribution in [-0.4, -0.2) is 16.9 Å². The van der Waals surface area contributed by atoms with E-state index in [1.165, 1.54) is 24.3 Å². The summed E-state index contributed by atoms with van der Waals surface area (Å²) in [6.45, 7) is 3.80. The maximum absolute atomic E-state index is 13.0. The molecule has 0 bridgehead atoms. The van der Waals surface area contributed by atoms with Crippen LogP contribution in [0.25, 0.3) is 0 Å². The lowest BCUT2D eigenvalue weighted by Crippen LogP contribution is -2.46. The van der Waals surface area contributed by atoms with Gasteiger partial charge < -0.3 is 11.1 Å². The fourth-order valence-corrected chi connectivity index (χ4v) is 1.75. The Bertz CT molecular complexity index is 434. The number of thiocarbonyl (C=S) groups is 1. The van der Waals surface area contributed by atoms with Crippen LogP contribution in [0.3, 0.4) is 0 Å². The Labute approximate surface area is 105 Å². The maximum Gasteiger partial charge on any atom is 0.251 e. The number of rotatable bonds is 4. The van der Waals surface area contributed by atoms with E-state index in [0.29, 0.717) is 0 Å². The van der Waals surface area contributed by atoms with Crippen LogP contribution in [0.15, 0.2) is 24.3 Å². The molecule has 1 amide bonds. The van der Waals surface area contributed by atoms with Gasteiger partial charge in [-0.1, -0.05) is 32.1 Å². The zero-order valence-electron chi connectivity index (χ0n) is 9.74. The van der Waals surface area contributed by atoms with Crippen molar-refractivity contribution in [2.24, 2.45) is 11.7 Å². The quantitative estimate of drug-likeness (QED) is 0.806. The molecule has 3 nitrogen and oxygen atoms in total. The molecule has 0 saturated carbocycles. The Hall–Kier alpha value is -1.49. The molecule has 17 heavy (non-hydrogen) atoms. The molecule has 1 atom stereocenters. The molecule has 0 fully saturated rings. The minimum atomic E-state index is -0.450. The van der Waals surface area contributed by atoms with E-state index in [0.717, 1.165) is 0 Å². The second-order valence-electron chi connectivity index (χ2n) is 4.11. The molecule has 1 aromatic carbocycles. The fourth-order valence-electron chi connectivity index (χ4n) is 1.42. The van der Waals surface area contributed by atoms with E-state index in [1.54, 1.807) is 0 Å². The largest absolute Gasteiger partial charge is 0.392 e. The number of nitrogens with two attached hydrogens (primary N) is 1. The Morgan fingerprint density at radius 2 is 2.12 bits per heavy atom. The Balaban J connectivity index is 2.81. The lowest BCUT2D eigenvalue weighted by atomic mass is 10.0. The van der Waals surface area contributed by atoms with Crippen molar-refractivity contribution >= 4 is 23.1 Å². The first-order chi connectivity index (χ1) is 7.91. The van der Waals surface area contributed by atoms with Crippen molar-refractivity contribution in [1.29, 1.82) is 0 Å². The summed E-state index contributed by atoms with van der Waals surface area (Å²) in [6.07, 6.45) is 0. The number of amides is 1. The van der Waals surface area contributed by atoms with Gasteiger partial charge in [0.2, 0.25) is 0 Å². The molecular formula is C12H15FN2OS. The summed E-state index contributed by atoms with van der Waals surface area (Å²) in [6, 6.07) is 5.09. The van der Waals surface area contributed by atoms with Crippen molar-refractivity contribution in [3.8, 4) is 0 Å². The Morgan fingerprint density at radius 3 is 2.59 bits per heavy atom. The van der Waals surface area contributed by atoms with Crippen LogP contribution >= 0.6 is 12.2 Å². The van der Waals surface area contributed by atoms with Crippen LogP contribution in [0.1, 0.15) is 24.2 Å². The average Bonchev–Trinajstić information content (AvgIpc) is 2.24. The molecule has 3 N–H and O–H groups in total. The van der Waals surface area contributed by atoms with Gasteiger partial charge in [-0.15, -0.1) is 0 Å². The van der Waals surface area contributed by atoms with Crippen LogP contribution in [0.4, 0.5) is 4.39 Å². The van der Waals surface area contributed by atoms with E-state index in [-0.39, 0.29) is 28.4 Å². The standard InChI is InChI=1S/C12H15FN2OS/c1-7(2)10(11(14)17)15-12(16)8-4-3-5-9(13)6-8/h3-7,10H,1-2H3,(H2,14,17)(H,15,16). The lowest BCUT2D eigenvalue weighted by molar-refractivity contribution is 0.0939. The zero-order chi connectivity index (χ0) is 13.0. The first-order valence-corrected chi connectivity index (χ1v) is 5.68. The minimum absolute atomic E-state index is 0.0880. The maximum atomic E-state index is 13.0. The summed E-state index contributed by atoms with van der Waals surface area (Å²) in [5.41, 5.74) is 5.79. The Morgan fingerprint density at radius 1 is 1.47 bits per heavy atom. The molecule has 0 saturated heterocycles. The van der Waals surface area contributed by atoms with Gasteiger partial charge in [-0.05, 0) is 24.1 Å². The van der Waals surface area contributed by atoms with Gasteiger partial charge >= 0.3 is 0 Å². The van der Waals surface area contributed by atoms with Crippen LogP contribution < -0.4 is 11.1 Å². The normalized spacial score (nSPS) is 12.2. The van der Waals surface area contributed by atoms with Crippen molar-refractivity contribution in [2.75, 3.05) is 0 Å². The highest BCUT2D eigenvalue weighted by molar-refractivity contribution is 7.80. The average molecular weight is 254 g/mol. The molecule has 5 heteroatoms. The van der Waals surface area contributed by atoms with E-state index < -0.39 is 5.82 Å². The highest BCUT2D eigenvalue weighted by Crippen LogP contribution is 2.07. The molecule has 0 radical (unpaired) electrons. The molecule has 0 aliphatic rings. The van der Waals surface area contributed by atoms with E-state index in [1.807, 2.05) is 13.8 Å². The molecule has 1 rings (SSSR count). The van der Waals surface area contributed by atoms with Crippen molar-refractivity contribution in [3.05, 3.63) is 35.6 Å². The number of hydrogen-bond donors (Lipinski definition) is 2. The molecule has 0 aliphatic heterocycles. The van der Waals surface area contributed by atoms with Gasteiger partial charge in [0.05, 0.1) is 11.0 Å². The number of carbonyl (C=O) groups excluding carboxylic acids is 1. The summed E-state index contributed by atoms with van der Waals surface area (Å²) < 4.78 is 13.0. The van der Waals surface area contributed by atoms with Crippen molar-refractivity contribution < 1.29 is 9.18 Å². The van der Waals surface area contributed by atoms with E-state index in [9.17, 15) is 9.18 Å². The van der Waals surface area contributed by atoms with E-state index in [2.05, 4.69) is 5.32 Å². The number of carbonyl (C=O) groups is 1. The van der Waals surface area contributed by atoms with E-state index in [4.69, 9.17) is 18.0 Å². The molecule has 0 aromatic heterocycles. The number of hydrogen-bond acceptors (Lipinski definition) is 2. The molecule has 1 aromatic rings. The van der Waals surface area contributed by atoms with Crippen molar-refractivity contribution in [3.63, 3.8) is 0 Å². The number of nitrogens with one attached hydrogen (secondary N) is 1. The minimum Gasteiger partial charge on any atom is -0.392 e. The van der Waals surface area contributed by atoms with Crippen LogP contribution in [0, 0.1) is 11.7 Å². The molecule has 0 aliphatic carbocycles. The van der Waals surface area contributed by atoms with Gasteiger partial charge in [0.15, 0.2) is 0 Å². The fraction of sp³-hybridized carbons (Fsp3) is 0.333. The topological polar surface area (TPSA) is 55.1 Å². The van der Waals surface area contributed by atoms with Gasteiger partial charge in [-0.2, -0.15) is 0 Å². The van der Waals surface area contributed by atoms with Gasteiger partial charge in [-0.3, -0.25) is 4.79 Å². The van der Waals surface area contributed by atoms with Crippen LogP contribution in [0.5, 0.6) is 0 Å². The van der Waals surface area contributed by atoms with Gasteiger partial charge in [0, 0.05) is 5.56 Å². The van der Waals surface area contributed by atoms with Crippen LogP contribution in [-0.2, 0) is 0 Å². The zero-order valence-corrected chi connectivity index (χ0v) is 10.6. The molecule has 92 valence electrons. The number of benzene rings is 1. The lowest BCUT2D eigenvalue weighted by Gasteiger charge is -2.20. The molecule has 0 heterocycles. The summed E-state index contributed by atoms with van der Waals surface area (Å²) in [5.74, 6) is -0.741. The highest BCUT2D eigenvalue weighted by Gasteiger charge is 2.19. The molecule has 1 unspecified atom stereocenters. The van der Waals surface area contributed by atoms with E-state index >= 15 is 0 Å². The van der Waals surface area contributed by atoms with Gasteiger partial charge in [0.25, 0.3) is 5.91 Å². The van der Waals surface area contributed by atoms with Gasteiger partial charge in [0.1, 0.15) is 5.82 Å². The molecule has 0 spiro atoms. The second-order valence-corrected chi connectivity index (χ2v) is 4.58. The van der Waals surface area contributed by atoms with Crippen molar-refractivity contribution in [1.82, 2.24) is 5.32 Å².